The van der Waals surface area contributed by atoms with E-state index >= 15 is 0 Å². The molecule has 1 aliphatic rings. The van der Waals surface area contributed by atoms with Crippen LogP contribution in [0.25, 0.3) is 11.3 Å². The number of anilines is 1. The summed E-state index contributed by atoms with van der Waals surface area (Å²) >= 11 is 6.42. The van der Waals surface area contributed by atoms with E-state index in [0.717, 1.165) is 0 Å². The highest BCUT2D eigenvalue weighted by molar-refractivity contribution is 6.34. The van der Waals surface area contributed by atoms with Crippen molar-refractivity contribution < 1.29 is 23.5 Å². The lowest BCUT2D eigenvalue weighted by Gasteiger charge is -2.33. The Morgan fingerprint density at radius 2 is 1.62 bits per heavy atom. The Morgan fingerprint density at radius 3 is 2.21 bits per heavy atom. The van der Waals surface area contributed by atoms with Crippen LogP contribution in [0.2, 0.25) is 5.02 Å². The van der Waals surface area contributed by atoms with Crippen LogP contribution < -0.4 is 10.6 Å². The molecule has 0 radical (unpaired) electrons. The van der Waals surface area contributed by atoms with E-state index in [-0.39, 0.29) is 28.4 Å². The molecule has 1 aromatic heterocycles. The number of nitrogens with one attached hydrogen (secondary N) is 2. The van der Waals surface area contributed by atoms with Crippen LogP contribution in [0.3, 0.4) is 0 Å². The molecule has 4 rings (SSSR count). The van der Waals surface area contributed by atoms with Crippen LogP contribution in [-0.2, 0) is 10.3 Å². The number of benzene rings is 2. The largest absolute Gasteiger partial charge is 0.444 e. The Hall–Kier alpha value is -3.92. The summed E-state index contributed by atoms with van der Waals surface area (Å²) in [5, 5.41) is 10.4. The van der Waals surface area contributed by atoms with Gasteiger partial charge in [-0.25, -0.2) is 9.18 Å². The van der Waals surface area contributed by atoms with Gasteiger partial charge in [0.15, 0.2) is 0 Å². The summed E-state index contributed by atoms with van der Waals surface area (Å²) in [6, 6.07) is 10.5. The van der Waals surface area contributed by atoms with Crippen LogP contribution in [0.4, 0.5) is 14.9 Å². The highest BCUT2D eigenvalue weighted by Crippen LogP contribution is 2.30. The maximum atomic E-state index is 13.6. The van der Waals surface area contributed by atoms with Gasteiger partial charge in [0.25, 0.3) is 11.8 Å². The summed E-state index contributed by atoms with van der Waals surface area (Å²) in [7, 11) is 0. The number of piperidine rings is 1. The average Bonchev–Trinajstić information content (AvgIpc) is 3.35. The summed E-state index contributed by atoms with van der Waals surface area (Å²) in [5.74, 6) is -1.08. The van der Waals surface area contributed by atoms with Crippen molar-refractivity contribution >= 4 is 35.2 Å². The van der Waals surface area contributed by atoms with Crippen LogP contribution in [-0.4, -0.2) is 57.3 Å². The Balaban J connectivity index is 1.48. The number of nitrogens with zero attached hydrogens (tertiary/aromatic N) is 3. The predicted molar refractivity (Wildman–Crippen MR) is 160 cm³/mol. The smallest absolute Gasteiger partial charge is 0.407 e. The van der Waals surface area contributed by atoms with Gasteiger partial charge in [0.2, 0.25) is 0 Å². The lowest BCUT2D eigenvalue weighted by molar-refractivity contribution is 0.0473. The molecule has 224 valence electrons. The normalized spacial score (nSPS) is 14.4. The van der Waals surface area contributed by atoms with Gasteiger partial charge in [-0.1, -0.05) is 11.6 Å². The summed E-state index contributed by atoms with van der Waals surface area (Å²) in [6.45, 7) is 12.2. The van der Waals surface area contributed by atoms with E-state index < -0.39 is 23.1 Å². The van der Waals surface area contributed by atoms with Gasteiger partial charge in [0, 0.05) is 30.4 Å². The molecule has 0 saturated carbocycles. The van der Waals surface area contributed by atoms with Crippen molar-refractivity contribution in [3.8, 4) is 11.3 Å². The molecule has 2 N–H and O–H groups in total. The highest BCUT2D eigenvalue weighted by Gasteiger charge is 2.29. The maximum absolute atomic E-state index is 13.6. The SMILES string of the molecule is CC(C)(C)OC(=O)NC1CCN(C(=O)c2cc(NC(=O)c3cnn(C(C)(C)C)c3-c3ccc(F)cc3)ccc2Cl)CC1. The average molecular weight is 598 g/mol. The molecule has 2 heterocycles. The Morgan fingerprint density at radius 1 is 0.976 bits per heavy atom. The fraction of sp³-hybridized carbons (Fsp3) is 0.419. The molecule has 0 spiro atoms. The molecule has 0 bridgehead atoms. The van der Waals surface area contributed by atoms with Crippen molar-refractivity contribution in [2.75, 3.05) is 18.4 Å². The van der Waals surface area contributed by atoms with Gasteiger partial charge in [-0.3, -0.25) is 14.3 Å². The second kappa shape index (κ2) is 12.1. The van der Waals surface area contributed by atoms with Gasteiger partial charge in [0.1, 0.15) is 11.4 Å². The molecule has 0 atom stereocenters. The lowest BCUT2D eigenvalue weighted by Crippen LogP contribution is -2.47. The third-order valence-electron chi connectivity index (χ3n) is 6.72. The first-order chi connectivity index (χ1) is 19.6. The molecule has 3 aromatic rings. The second-order valence-electron chi connectivity index (χ2n) is 12.4. The van der Waals surface area contributed by atoms with E-state index in [4.69, 9.17) is 16.3 Å². The zero-order valence-corrected chi connectivity index (χ0v) is 25.5. The summed E-state index contributed by atoms with van der Waals surface area (Å²) in [6.07, 6.45) is 2.15. The molecular formula is C31H37ClFN5O4. The Labute approximate surface area is 250 Å². The predicted octanol–water partition coefficient (Wildman–Crippen LogP) is 6.48. The number of alkyl carbamates (subject to hydrolysis) is 1. The van der Waals surface area contributed by atoms with Crippen LogP contribution in [0, 0.1) is 5.82 Å². The molecular weight excluding hydrogens is 561 g/mol. The third-order valence-corrected chi connectivity index (χ3v) is 7.05. The zero-order chi connectivity index (χ0) is 30.8. The van der Waals surface area contributed by atoms with E-state index in [1.165, 1.54) is 18.3 Å². The molecule has 11 heteroatoms. The van der Waals surface area contributed by atoms with Crippen molar-refractivity contribution in [3.63, 3.8) is 0 Å². The summed E-state index contributed by atoms with van der Waals surface area (Å²) in [5.41, 5.74) is 1.11. The summed E-state index contributed by atoms with van der Waals surface area (Å²) < 4.78 is 20.7. The number of ether oxygens (including phenoxy) is 1. The first kappa shape index (κ1) is 31.0. The molecule has 1 saturated heterocycles. The van der Waals surface area contributed by atoms with Crippen molar-refractivity contribution in [2.45, 2.75) is 71.6 Å². The van der Waals surface area contributed by atoms with Gasteiger partial charge in [-0.15, -0.1) is 0 Å². The van der Waals surface area contributed by atoms with Crippen LogP contribution in [0.1, 0.15) is 75.1 Å². The number of rotatable bonds is 5. The molecule has 0 aliphatic carbocycles. The van der Waals surface area contributed by atoms with Gasteiger partial charge in [-0.05, 0) is 96.8 Å². The maximum Gasteiger partial charge on any atom is 0.407 e. The van der Waals surface area contributed by atoms with Gasteiger partial charge < -0.3 is 20.3 Å². The van der Waals surface area contributed by atoms with Gasteiger partial charge in [0.05, 0.1) is 33.6 Å². The van der Waals surface area contributed by atoms with E-state index in [9.17, 15) is 18.8 Å². The molecule has 1 aliphatic heterocycles. The lowest BCUT2D eigenvalue weighted by atomic mass is 10.0. The minimum absolute atomic E-state index is 0.102. The van der Waals surface area contributed by atoms with E-state index in [1.54, 1.807) is 60.7 Å². The standard InChI is InChI=1S/C31H37ClFN5O4/c1-30(2,3)38-26(19-7-9-20(33)10-8-19)24(18-34-38)27(39)35-22-11-12-25(32)23(17-22)28(40)37-15-13-21(14-16-37)36-29(41)42-31(4,5)6/h7-12,17-18,21H,13-16H2,1-6H3,(H,35,39)(H,36,41). The van der Waals surface area contributed by atoms with Crippen LogP contribution in [0.5, 0.6) is 0 Å². The second-order valence-corrected chi connectivity index (χ2v) is 12.8. The number of carbonyl (C=O) groups excluding carboxylic acids is 3. The van der Waals surface area contributed by atoms with Crippen molar-refractivity contribution in [1.82, 2.24) is 20.0 Å². The number of aromatic nitrogens is 2. The summed E-state index contributed by atoms with van der Waals surface area (Å²) in [4.78, 5) is 40.7. The highest BCUT2D eigenvalue weighted by atomic mass is 35.5. The molecule has 0 unspecified atom stereocenters. The Bertz CT molecular complexity index is 1470. The van der Waals surface area contributed by atoms with Crippen molar-refractivity contribution in [1.29, 1.82) is 0 Å². The van der Waals surface area contributed by atoms with Crippen LogP contribution in [0.15, 0.2) is 48.7 Å². The number of hydrogen-bond acceptors (Lipinski definition) is 5. The van der Waals surface area contributed by atoms with Gasteiger partial charge in [-0.2, -0.15) is 5.10 Å². The van der Waals surface area contributed by atoms with E-state index in [0.29, 0.717) is 48.4 Å². The number of amides is 3. The number of halogens is 2. The van der Waals surface area contributed by atoms with Crippen molar-refractivity contribution in [3.05, 3.63) is 70.6 Å². The first-order valence-electron chi connectivity index (χ1n) is 13.9. The monoisotopic (exact) mass is 597 g/mol. The fourth-order valence-corrected chi connectivity index (χ4v) is 4.94. The van der Waals surface area contributed by atoms with Crippen LogP contribution >= 0.6 is 11.6 Å². The van der Waals surface area contributed by atoms with E-state index in [2.05, 4.69) is 15.7 Å². The zero-order valence-electron chi connectivity index (χ0n) is 24.8. The number of likely N-dealkylation sites (tertiary alicyclic amines) is 1. The number of carbonyl (C=O) groups is 3. The van der Waals surface area contributed by atoms with E-state index in [1.807, 2.05) is 20.8 Å². The van der Waals surface area contributed by atoms with Crippen molar-refractivity contribution in [2.24, 2.45) is 0 Å². The quantitative estimate of drug-likeness (QED) is 0.350. The Kier molecular flexibility index (Phi) is 8.96. The topological polar surface area (TPSA) is 106 Å². The molecule has 1 fully saturated rings. The minimum atomic E-state index is -0.590. The molecule has 2 aromatic carbocycles. The minimum Gasteiger partial charge on any atom is -0.444 e. The van der Waals surface area contributed by atoms with Gasteiger partial charge >= 0.3 is 6.09 Å². The molecule has 9 nitrogen and oxygen atoms in total. The molecule has 42 heavy (non-hydrogen) atoms. The third kappa shape index (κ3) is 7.47. The first-order valence-corrected chi connectivity index (χ1v) is 14.2. The fourth-order valence-electron chi connectivity index (χ4n) is 4.75. The number of hydrogen-bond donors (Lipinski definition) is 2. The molecule has 3 amide bonds.